The van der Waals surface area contributed by atoms with Gasteiger partial charge in [-0.25, -0.2) is 9.79 Å². The van der Waals surface area contributed by atoms with Gasteiger partial charge < -0.3 is 33.3 Å². The molecule has 0 N–H and O–H groups in total. The first kappa shape index (κ1) is 25.3. The van der Waals surface area contributed by atoms with Crippen molar-refractivity contribution in [1.29, 1.82) is 0 Å². The number of nitrogens with zero attached hydrogens (tertiary/aromatic N) is 3. The largest absolute Gasteiger partial charge is 0.454 e. The second-order valence-corrected chi connectivity index (χ2v) is 10.3. The van der Waals surface area contributed by atoms with Crippen molar-refractivity contribution in [3.05, 3.63) is 71.1 Å². The smallest absolute Gasteiger partial charge is 0.415 e. The summed E-state index contributed by atoms with van der Waals surface area (Å²) in [5.74, 6) is 2.60. The van der Waals surface area contributed by atoms with Gasteiger partial charge in [0.15, 0.2) is 28.2 Å². The minimum atomic E-state index is -0.412. The van der Waals surface area contributed by atoms with Crippen molar-refractivity contribution in [2.45, 2.75) is 0 Å². The maximum Gasteiger partial charge on any atom is 0.415 e. The monoisotopic (exact) mass is 573 g/mol. The minimum absolute atomic E-state index is 0.128. The summed E-state index contributed by atoms with van der Waals surface area (Å²) >= 11 is 1.25. The van der Waals surface area contributed by atoms with Gasteiger partial charge in [0.2, 0.25) is 13.6 Å². The van der Waals surface area contributed by atoms with E-state index in [0.717, 1.165) is 5.56 Å². The molecule has 208 valence electrons. The summed E-state index contributed by atoms with van der Waals surface area (Å²) in [7, 11) is 0. The van der Waals surface area contributed by atoms with E-state index in [0.29, 0.717) is 76.5 Å². The highest BCUT2D eigenvalue weighted by molar-refractivity contribution is 8.19. The normalized spacial score (nSPS) is 19.4. The number of carbonyl (C=O) groups is 2. The van der Waals surface area contributed by atoms with Crippen LogP contribution in [-0.2, 0) is 9.53 Å². The lowest BCUT2D eigenvalue weighted by atomic mass is 10.2. The third kappa shape index (κ3) is 5.14. The van der Waals surface area contributed by atoms with Gasteiger partial charge in [-0.05, 0) is 59.8 Å². The molecule has 12 heteroatoms. The third-order valence-electron chi connectivity index (χ3n) is 6.65. The van der Waals surface area contributed by atoms with Crippen molar-refractivity contribution in [3.63, 3.8) is 0 Å². The second kappa shape index (κ2) is 10.7. The first-order chi connectivity index (χ1) is 20.1. The maximum atomic E-state index is 13.7. The fourth-order valence-corrected chi connectivity index (χ4v) is 5.56. The van der Waals surface area contributed by atoms with Gasteiger partial charge in [-0.1, -0.05) is 12.1 Å². The van der Waals surface area contributed by atoms with Crippen LogP contribution < -0.4 is 28.6 Å². The Kier molecular flexibility index (Phi) is 6.61. The van der Waals surface area contributed by atoms with E-state index in [1.54, 1.807) is 70.5 Å². The van der Waals surface area contributed by atoms with Crippen LogP contribution in [0.4, 0.5) is 16.2 Å². The highest BCUT2D eigenvalue weighted by atomic mass is 32.2. The molecule has 3 aromatic rings. The lowest BCUT2D eigenvalue weighted by Crippen LogP contribution is -2.42. The molecule has 0 atom stereocenters. The zero-order chi connectivity index (χ0) is 27.8. The summed E-state index contributed by atoms with van der Waals surface area (Å²) in [5.41, 5.74) is 1.98. The Hall–Kier alpha value is -4.68. The Morgan fingerprint density at radius 1 is 0.854 bits per heavy atom. The van der Waals surface area contributed by atoms with E-state index < -0.39 is 6.09 Å². The molecule has 0 spiro atoms. The van der Waals surface area contributed by atoms with Gasteiger partial charge in [0.25, 0.3) is 5.91 Å². The van der Waals surface area contributed by atoms with Gasteiger partial charge in [-0.3, -0.25) is 9.69 Å². The fraction of sp³-hybridized carbons (Fsp3) is 0.207. The minimum Gasteiger partial charge on any atom is -0.454 e. The van der Waals surface area contributed by atoms with Crippen LogP contribution in [0.15, 0.2) is 70.6 Å². The van der Waals surface area contributed by atoms with Crippen molar-refractivity contribution < 1.29 is 38.0 Å². The number of morpholine rings is 1. The van der Waals surface area contributed by atoms with E-state index in [1.165, 1.54) is 11.8 Å². The lowest BCUT2D eigenvalue weighted by Gasteiger charge is -2.25. The number of ether oxygens (including phenoxy) is 6. The zero-order valence-corrected chi connectivity index (χ0v) is 22.4. The molecule has 7 rings (SSSR count). The number of amidine groups is 1. The Bertz CT molecular complexity index is 1580. The standard InChI is InChI=1S/C29H23N3O8S/c33-27-26(13-18-1-5-21(6-2-18)40-29(34)31-9-11-35-12-10-31)41-28(30-19-3-7-22-24(14-19)38-16-36-22)32(27)20-4-8-23-25(15-20)39-17-37-23/h1-8,13-15H,9-12,16-17H2/b26-13-,30-28?. The number of fused-ring (bicyclic) bond motifs is 2. The topological polar surface area (TPSA) is 108 Å². The molecule has 4 aliphatic heterocycles. The number of carbonyl (C=O) groups excluding carboxylic acids is 2. The first-order valence-corrected chi connectivity index (χ1v) is 13.7. The van der Waals surface area contributed by atoms with Crippen LogP contribution in [0.5, 0.6) is 28.7 Å². The highest BCUT2D eigenvalue weighted by Gasteiger charge is 2.36. The van der Waals surface area contributed by atoms with Gasteiger partial charge in [0.05, 0.1) is 29.5 Å². The lowest BCUT2D eigenvalue weighted by molar-refractivity contribution is -0.113. The molecule has 0 bridgehead atoms. The molecule has 2 amide bonds. The quantitative estimate of drug-likeness (QED) is 0.407. The molecule has 0 unspecified atom stereocenters. The van der Waals surface area contributed by atoms with E-state index >= 15 is 0 Å². The maximum absolute atomic E-state index is 13.7. The Morgan fingerprint density at radius 3 is 2.29 bits per heavy atom. The number of rotatable bonds is 4. The molecule has 0 aliphatic carbocycles. The summed E-state index contributed by atoms with van der Waals surface area (Å²) in [4.78, 5) is 34.6. The first-order valence-electron chi connectivity index (χ1n) is 12.9. The summed E-state index contributed by atoms with van der Waals surface area (Å²) in [5, 5.41) is 0.468. The number of benzene rings is 3. The number of anilines is 1. The Balaban J connectivity index is 1.16. The van der Waals surface area contributed by atoms with E-state index in [1.807, 2.05) is 6.07 Å². The summed E-state index contributed by atoms with van der Waals surface area (Å²) < 4.78 is 32.7. The van der Waals surface area contributed by atoms with Crippen molar-refractivity contribution in [1.82, 2.24) is 4.90 Å². The van der Waals surface area contributed by atoms with Crippen molar-refractivity contribution in [2.75, 3.05) is 44.8 Å². The van der Waals surface area contributed by atoms with Crippen LogP contribution in [0.25, 0.3) is 6.08 Å². The van der Waals surface area contributed by atoms with Gasteiger partial charge in [0, 0.05) is 25.2 Å². The predicted molar refractivity (Wildman–Crippen MR) is 150 cm³/mol. The number of amides is 2. The molecular formula is C29H23N3O8S. The number of thioether (sulfide) groups is 1. The van der Waals surface area contributed by atoms with Gasteiger partial charge in [0.1, 0.15) is 5.75 Å². The third-order valence-corrected chi connectivity index (χ3v) is 7.62. The number of hydrogen-bond donors (Lipinski definition) is 0. The van der Waals surface area contributed by atoms with Crippen LogP contribution in [-0.4, -0.2) is 62.0 Å². The predicted octanol–water partition coefficient (Wildman–Crippen LogP) is 4.78. The van der Waals surface area contributed by atoms with Gasteiger partial charge in [-0.2, -0.15) is 0 Å². The van der Waals surface area contributed by atoms with Crippen molar-refractivity contribution in [3.8, 4) is 28.7 Å². The SMILES string of the molecule is O=C(Oc1ccc(/C=C2\SC(=Nc3ccc4c(c3)OCO4)N(c3ccc4c(c3)OCO4)C2=O)cc1)N1CCOCC1. The average molecular weight is 574 g/mol. The molecule has 0 radical (unpaired) electrons. The molecule has 0 saturated carbocycles. The highest BCUT2D eigenvalue weighted by Crippen LogP contribution is 2.42. The van der Waals surface area contributed by atoms with Crippen molar-refractivity contribution in [2.24, 2.45) is 4.99 Å². The number of hydrogen-bond acceptors (Lipinski definition) is 10. The van der Waals surface area contributed by atoms with Crippen LogP contribution >= 0.6 is 11.8 Å². The molecular weight excluding hydrogens is 550 g/mol. The van der Waals surface area contributed by atoms with Crippen LogP contribution in [0.2, 0.25) is 0 Å². The summed E-state index contributed by atoms with van der Waals surface area (Å²) in [6.07, 6.45) is 1.37. The molecule has 41 heavy (non-hydrogen) atoms. The fourth-order valence-electron chi connectivity index (χ4n) is 4.56. The van der Waals surface area contributed by atoms with E-state index in [9.17, 15) is 9.59 Å². The molecule has 4 aliphatic rings. The van der Waals surface area contributed by atoms with Gasteiger partial charge in [-0.15, -0.1) is 0 Å². The van der Waals surface area contributed by atoms with Crippen LogP contribution in [0, 0.1) is 0 Å². The van der Waals surface area contributed by atoms with E-state index in [4.69, 9.17) is 33.4 Å². The van der Waals surface area contributed by atoms with Crippen LogP contribution in [0.1, 0.15) is 5.56 Å². The summed E-state index contributed by atoms with van der Waals surface area (Å²) in [6.45, 7) is 2.27. The molecule has 11 nitrogen and oxygen atoms in total. The van der Waals surface area contributed by atoms with Gasteiger partial charge >= 0.3 is 6.09 Å². The van der Waals surface area contributed by atoms with Crippen LogP contribution in [0.3, 0.4) is 0 Å². The molecule has 0 aromatic heterocycles. The molecule has 2 saturated heterocycles. The molecule has 4 heterocycles. The van der Waals surface area contributed by atoms with Crippen molar-refractivity contribution >= 4 is 46.4 Å². The Labute approximate surface area is 238 Å². The molecule has 3 aromatic carbocycles. The van der Waals surface area contributed by atoms with E-state index in [2.05, 4.69) is 0 Å². The average Bonchev–Trinajstić information content (AvgIpc) is 3.73. The zero-order valence-electron chi connectivity index (χ0n) is 21.6. The number of aliphatic imine (C=N–C) groups is 1. The summed E-state index contributed by atoms with van der Waals surface area (Å²) in [6, 6.07) is 17.7. The van der Waals surface area contributed by atoms with E-state index in [-0.39, 0.29) is 19.5 Å². The molecule has 2 fully saturated rings. The Morgan fingerprint density at radius 2 is 1.54 bits per heavy atom. The second-order valence-electron chi connectivity index (χ2n) is 9.26.